The van der Waals surface area contributed by atoms with Crippen molar-refractivity contribution in [2.75, 3.05) is 30.7 Å². The molecular weight excluding hydrogens is 454 g/mol. The Balaban J connectivity index is 1.68. The standard InChI is InChI=1S/C25H27N3O5S/c1-17-7-5-8-18(2)24(17)27-34(31,32)22-13-11-20(12-14-22)26-25(30)19-9-6-10-21(15-19)33-16-23(29)28(3)4/h5-15,27H,16H2,1-4H3,(H,26,30). The van der Waals surface area contributed by atoms with Gasteiger partial charge in [-0.3, -0.25) is 14.3 Å². The van der Waals surface area contributed by atoms with Crippen molar-refractivity contribution in [3.63, 3.8) is 0 Å². The highest BCUT2D eigenvalue weighted by Gasteiger charge is 2.17. The summed E-state index contributed by atoms with van der Waals surface area (Å²) in [4.78, 5) is 25.8. The summed E-state index contributed by atoms with van der Waals surface area (Å²) in [5.41, 5.74) is 2.97. The molecule has 0 aliphatic carbocycles. The smallest absolute Gasteiger partial charge is 0.261 e. The van der Waals surface area contributed by atoms with Gasteiger partial charge in [0.25, 0.3) is 21.8 Å². The van der Waals surface area contributed by atoms with Gasteiger partial charge in [-0.2, -0.15) is 0 Å². The molecule has 9 heteroatoms. The van der Waals surface area contributed by atoms with E-state index in [1.165, 1.54) is 35.2 Å². The minimum absolute atomic E-state index is 0.0779. The molecule has 3 aromatic carbocycles. The van der Waals surface area contributed by atoms with Crippen molar-refractivity contribution in [1.82, 2.24) is 4.90 Å². The van der Waals surface area contributed by atoms with Gasteiger partial charge in [0, 0.05) is 25.3 Å². The zero-order valence-electron chi connectivity index (χ0n) is 19.5. The molecule has 0 fully saturated rings. The number of nitrogens with zero attached hydrogens (tertiary/aromatic N) is 1. The number of aryl methyl sites for hydroxylation is 2. The molecule has 0 aromatic heterocycles. The highest BCUT2D eigenvalue weighted by Crippen LogP contribution is 2.24. The molecule has 0 aliphatic rings. The highest BCUT2D eigenvalue weighted by atomic mass is 32.2. The van der Waals surface area contributed by atoms with Crippen molar-refractivity contribution in [3.8, 4) is 5.75 Å². The first-order valence-corrected chi connectivity index (χ1v) is 12.0. The SMILES string of the molecule is Cc1cccc(C)c1NS(=O)(=O)c1ccc(NC(=O)c2cccc(OCC(=O)N(C)C)c2)cc1. The maximum absolute atomic E-state index is 12.8. The van der Waals surface area contributed by atoms with E-state index < -0.39 is 15.9 Å². The summed E-state index contributed by atoms with van der Waals surface area (Å²) < 4.78 is 33.7. The second-order valence-corrected chi connectivity index (χ2v) is 9.64. The summed E-state index contributed by atoms with van der Waals surface area (Å²) in [5.74, 6) is -0.201. The lowest BCUT2D eigenvalue weighted by Crippen LogP contribution is -2.27. The van der Waals surface area contributed by atoms with Crippen molar-refractivity contribution in [2.45, 2.75) is 18.7 Å². The molecule has 0 saturated heterocycles. The largest absolute Gasteiger partial charge is 0.484 e. The molecular formula is C25H27N3O5S. The van der Waals surface area contributed by atoms with Crippen molar-refractivity contribution in [3.05, 3.63) is 83.4 Å². The molecule has 0 aliphatic heterocycles. The molecule has 0 radical (unpaired) electrons. The van der Waals surface area contributed by atoms with Gasteiger partial charge in [-0.1, -0.05) is 24.3 Å². The lowest BCUT2D eigenvalue weighted by Gasteiger charge is -2.14. The van der Waals surface area contributed by atoms with Crippen LogP contribution >= 0.6 is 0 Å². The fraction of sp³-hybridized carbons (Fsp3) is 0.200. The van der Waals surface area contributed by atoms with Gasteiger partial charge in [0.15, 0.2) is 6.61 Å². The molecule has 2 N–H and O–H groups in total. The van der Waals surface area contributed by atoms with Crippen LogP contribution in [0.15, 0.2) is 71.6 Å². The van der Waals surface area contributed by atoms with Crippen LogP contribution in [0.25, 0.3) is 0 Å². The summed E-state index contributed by atoms with van der Waals surface area (Å²) in [6, 6.07) is 17.9. The summed E-state index contributed by atoms with van der Waals surface area (Å²) >= 11 is 0. The lowest BCUT2D eigenvalue weighted by atomic mass is 10.1. The summed E-state index contributed by atoms with van der Waals surface area (Å²) in [6.07, 6.45) is 0. The van der Waals surface area contributed by atoms with Crippen LogP contribution in [0.3, 0.4) is 0 Å². The molecule has 8 nitrogen and oxygen atoms in total. The number of nitrogens with one attached hydrogen (secondary N) is 2. The number of para-hydroxylation sites is 1. The third-order valence-corrected chi connectivity index (χ3v) is 6.46. The van der Waals surface area contributed by atoms with E-state index in [4.69, 9.17) is 4.74 Å². The minimum atomic E-state index is -3.79. The Bertz CT molecular complexity index is 1280. The van der Waals surface area contributed by atoms with Crippen molar-refractivity contribution >= 4 is 33.2 Å². The molecule has 3 aromatic rings. The van der Waals surface area contributed by atoms with Crippen LogP contribution in [0, 0.1) is 13.8 Å². The van der Waals surface area contributed by atoms with E-state index in [1.807, 2.05) is 32.0 Å². The predicted octanol–water partition coefficient (Wildman–Crippen LogP) is 3.82. The number of rotatable bonds is 8. The summed E-state index contributed by atoms with van der Waals surface area (Å²) in [5, 5.41) is 2.73. The van der Waals surface area contributed by atoms with Gasteiger partial charge in [0.05, 0.1) is 10.6 Å². The molecule has 3 rings (SSSR count). The quantitative estimate of drug-likeness (QED) is 0.509. The van der Waals surface area contributed by atoms with Gasteiger partial charge < -0.3 is 15.0 Å². The Kier molecular flexibility index (Phi) is 7.57. The summed E-state index contributed by atoms with van der Waals surface area (Å²) in [7, 11) is -0.529. The normalized spacial score (nSPS) is 10.9. The number of benzene rings is 3. The van der Waals surface area contributed by atoms with E-state index in [9.17, 15) is 18.0 Å². The van der Waals surface area contributed by atoms with E-state index in [0.717, 1.165) is 11.1 Å². The molecule has 178 valence electrons. The van der Waals surface area contributed by atoms with E-state index in [2.05, 4.69) is 10.0 Å². The second kappa shape index (κ2) is 10.4. The predicted molar refractivity (Wildman–Crippen MR) is 132 cm³/mol. The molecule has 0 saturated carbocycles. The van der Waals surface area contributed by atoms with Crippen LogP contribution in [0.4, 0.5) is 11.4 Å². The van der Waals surface area contributed by atoms with E-state index in [-0.39, 0.29) is 17.4 Å². The van der Waals surface area contributed by atoms with Crippen LogP contribution in [0.2, 0.25) is 0 Å². The average molecular weight is 482 g/mol. The van der Waals surface area contributed by atoms with Gasteiger partial charge in [0.1, 0.15) is 5.75 Å². The van der Waals surface area contributed by atoms with Crippen LogP contribution in [-0.2, 0) is 14.8 Å². The first kappa shape index (κ1) is 24.8. The third kappa shape index (κ3) is 6.14. The zero-order valence-corrected chi connectivity index (χ0v) is 20.3. The fourth-order valence-electron chi connectivity index (χ4n) is 3.09. The molecule has 0 bridgehead atoms. The number of sulfonamides is 1. The number of anilines is 2. The van der Waals surface area contributed by atoms with Crippen LogP contribution in [-0.4, -0.2) is 45.8 Å². The Morgan fingerprint density at radius 2 is 1.53 bits per heavy atom. The van der Waals surface area contributed by atoms with Gasteiger partial charge in [-0.05, 0) is 67.4 Å². The number of likely N-dealkylation sites (N-methyl/N-ethyl adjacent to an activating group) is 1. The molecule has 2 amide bonds. The average Bonchev–Trinajstić information content (AvgIpc) is 2.80. The Labute approximate surface area is 199 Å². The van der Waals surface area contributed by atoms with Gasteiger partial charge in [-0.25, -0.2) is 8.42 Å². The number of hydrogen-bond donors (Lipinski definition) is 2. The van der Waals surface area contributed by atoms with Crippen LogP contribution in [0.1, 0.15) is 21.5 Å². The Morgan fingerprint density at radius 3 is 2.15 bits per heavy atom. The molecule has 0 atom stereocenters. The van der Waals surface area contributed by atoms with Gasteiger partial charge in [0.2, 0.25) is 0 Å². The first-order chi connectivity index (χ1) is 16.1. The van der Waals surface area contributed by atoms with E-state index in [0.29, 0.717) is 22.7 Å². The molecule has 0 spiro atoms. The van der Waals surface area contributed by atoms with Gasteiger partial charge in [-0.15, -0.1) is 0 Å². The number of hydrogen-bond acceptors (Lipinski definition) is 5. The monoisotopic (exact) mass is 481 g/mol. The third-order valence-electron chi connectivity index (χ3n) is 5.10. The van der Waals surface area contributed by atoms with Crippen molar-refractivity contribution < 1.29 is 22.7 Å². The van der Waals surface area contributed by atoms with Crippen molar-refractivity contribution in [1.29, 1.82) is 0 Å². The fourth-order valence-corrected chi connectivity index (χ4v) is 4.29. The molecule has 34 heavy (non-hydrogen) atoms. The maximum Gasteiger partial charge on any atom is 0.261 e. The summed E-state index contributed by atoms with van der Waals surface area (Å²) in [6.45, 7) is 3.54. The number of carbonyl (C=O) groups is 2. The highest BCUT2D eigenvalue weighted by molar-refractivity contribution is 7.92. The molecule has 0 heterocycles. The van der Waals surface area contributed by atoms with E-state index in [1.54, 1.807) is 32.3 Å². The number of amides is 2. The van der Waals surface area contributed by atoms with Gasteiger partial charge >= 0.3 is 0 Å². The number of ether oxygens (including phenoxy) is 1. The topological polar surface area (TPSA) is 105 Å². The van der Waals surface area contributed by atoms with Crippen LogP contribution < -0.4 is 14.8 Å². The van der Waals surface area contributed by atoms with Crippen molar-refractivity contribution in [2.24, 2.45) is 0 Å². The minimum Gasteiger partial charge on any atom is -0.484 e. The number of carbonyl (C=O) groups excluding carboxylic acids is 2. The van der Waals surface area contributed by atoms with Crippen LogP contribution in [0.5, 0.6) is 5.75 Å². The first-order valence-electron chi connectivity index (χ1n) is 10.5. The molecule has 0 unspecified atom stereocenters. The maximum atomic E-state index is 12.8. The Hall–Kier alpha value is -3.85. The zero-order chi connectivity index (χ0) is 24.9. The Morgan fingerprint density at radius 1 is 0.912 bits per heavy atom. The second-order valence-electron chi connectivity index (χ2n) is 7.96. The lowest BCUT2D eigenvalue weighted by molar-refractivity contribution is -0.130. The van der Waals surface area contributed by atoms with E-state index >= 15 is 0 Å².